The normalized spacial score (nSPS) is 22.2. The molecule has 2 saturated heterocycles. The summed E-state index contributed by atoms with van der Waals surface area (Å²) in [5, 5.41) is 0. The fourth-order valence-electron chi connectivity index (χ4n) is 4.11. The van der Waals surface area contributed by atoms with Crippen molar-refractivity contribution in [3.63, 3.8) is 0 Å². The van der Waals surface area contributed by atoms with Crippen LogP contribution in [0.3, 0.4) is 0 Å². The number of nitrogens with zero attached hydrogens (tertiary/aromatic N) is 2. The Balaban J connectivity index is 1.66. The van der Waals surface area contributed by atoms with Crippen molar-refractivity contribution in [3.05, 3.63) is 29.8 Å². The van der Waals surface area contributed by atoms with E-state index in [1.807, 2.05) is 25.3 Å². The van der Waals surface area contributed by atoms with Crippen LogP contribution in [-0.4, -0.2) is 69.7 Å². The molecule has 2 fully saturated rings. The molecule has 0 N–H and O–H groups in total. The lowest BCUT2D eigenvalue weighted by atomic mass is 9.81. The van der Waals surface area contributed by atoms with Crippen molar-refractivity contribution in [2.24, 2.45) is 5.92 Å². The van der Waals surface area contributed by atoms with Gasteiger partial charge < -0.3 is 9.47 Å². The summed E-state index contributed by atoms with van der Waals surface area (Å²) in [6.45, 7) is 8.91. The van der Waals surface area contributed by atoms with E-state index in [2.05, 4.69) is 18.7 Å². The zero-order valence-electron chi connectivity index (χ0n) is 16.7. The van der Waals surface area contributed by atoms with Crippen LogP contribution in [0, 0.1) is 5.92 Å². The van der Waals surface area contributed by atoms with Gasteiger partial charge in [-0.25, -0.2) is 8.42 Å². The average molecular weight is 397 g/mol. The standard InChI is InChI=1S/C20H32N2O4S/c1-17(2)20(25-3)7-9-21(10-8-20)16-18-5-4-6-19(15-18)27(23,24)22-11-13-26-14-12-22/h4-6,15,17H,7-14,16H2,1-3H3. The average Bonchev–Trinajstić information content (AvgIpc) is 2.69. The summed E-state index contributed by atoms with van der Waals surface area (Å²) < 4.78 is 38.4. The Morgan fingerprint density at radius 2 is 1.81 bits per heavy atom. The van der Waals surface area contributed by atoms with Gasteiger partial charge in [-0.2, -0.15) is 4.31 Å². The molecule has 0 unspecified atom stereocenters. The summed E-state index contributed by atoms with van der Waals surface area (Å²) in [6.07, 6.45) is 2.01. The van der Waals surface area contributed by atoms with Crippen LogP contribution in [0.2, 0.25) is 0 Å². The van der Waals surface area contributed by atoms with Gasteiger partial charge in [0.2, 0.25) is 10.0 Å². The van der Waals surface area contributed by atoms with Crippen molar-refractivity contribution in [2.45, 2.75) is 43.7 Å². The third-order valence-corrected chi connectivity index (χ3v) is 7.97. The first-order chi connectivity index (χ1) is 12.9. The van der Waals surface area contributed by atoms with E-state index in [0.29, 0.717) is 37.1 Å². The Bertz CT molecular complexity index is 721. The van der Waals surface area contributed by atoms with Gasteiger partial charge in [0.15, 0.2) is 0 Å². The highest BCUT2D eigenvalue weighted by atomic mass is 32.2. The Labute approximate surface area is 163 Å². The van der Waals surface area contributed by atoms with Gasteiger partial charge in [0.25, 0.3) is 0 Å². The summed E-state index contributed by atoms with van der Waals surface area (Å²) in [5.74, 6) is 0.492. The number of hydrogen-bond donors (Lipinski definition) is 0. The summed E-state index contributed by atoms with van der Waals surface area (Å²) >= 11 is 0. The molecule has 2 aliphatic heterocycles. The smallest absolute Gasteiger partial charge is 0.243 e. The van der Waals surface area contributed by atoms with E-state index in [-0.39, 0.29) is 5.60 Å². The summed E-state index contributed by atoms with van der Waals surface area (Å²) in [6, 6.07) is 7.38. The number of likely N-dealkylation sites (tertiary alicyclic amines) is 1. The highest BCUT2D eigenvalue weighted by molar-refractivity contribution is 7.89. The van der Waals surface area contributed by atoms with Gasteiger partial charge in [0.1, 0.15) is 0 Å². The molecule has 1 aromatic carbocycles. The van der Waals surface area contributed by atoms with E-state index in [4.69, 9.17) is 9.47 Å². The molecule has 27 heavy (non-hydrogen) atoms. The van der Waals surface area contributed by atoms with Crippen molar-refractivity contribution in [1.82, 2.24) is 9.21 Å². The zero-order chi connectivity index (χ0) is 19.5. The van der Waals surface area contributed by atoms with Gasteiger partial charge in [0, 0.05) is 39.8 Å². The first kappa shape index (κ1) is 20.7. The van der Waals surface area contributed by atoms with Crippen LogP contribution in [0.25, 0.3) is 0 Å². The van der Waals surface area contributed by atoms with Crippen molar-refractivity contribution in [3.8, 4) is 0 Å². The van der Waals surface area contributed by atoms with Gasteiger partial charge >= 0.3 is 0 Å². The second-order valence-electron chi connectivity index (χ2n) is 7.86. The van der Waals surface area contributed by atoms with Gasteiger partial charge in [0.05, 0.1) is 23.7 Å². The predicted molar refractivity (Wildman–Crippen MR) is 105 cm³/mol. The van der Waals surface area contributed by atoms with Crippen LogP contribution in [0.1, 0.15) is 32.3 Å². The first-order valence-corrected chi connectivity index (χ1v) is 11.3. The molecule has 1 aromatic rings. The zero-order valence-corrected chi connectivity index (χ0v) is 17.5. The largest absolute Gasteiger partial charge is 0.379 e. The molecule has 0 atom stereocenters. The number of piperidine rings is 1. The lowest BCUT2D eigenvalue weighted by Gasteiger charge is -2.43. The number of morpholine rings is 1. The van der Waals surface area contributed by atoms with Crippen LogP contribution in [0.5, 0.6) is 0 Å². The third kappa shape index (κ3) is 4.54. The number of rotatable bonds is 6. The molecule has 3 rings (SSSR count). The van der Waals surface area contributed by atoms with E-state index in [1.165, 1.54) is 4.31 Å². The maximum Gasteiger partial charge on any atom is 0.243 e. The second-order valence-corrected chi connectivity index (χ2v) is 9.80. The molecule has 0 saturated carbocycles. The number of hydrogen-bond acceptors (Lipinski definition) is 5. The number of methoxy groups -OCH3 is 1. The molecule has 0 bridgehead atoms. The minimum Gasteiger partial charge on any atom is -0.379 e. The molecule has 7 heteroatoms. The maximum atomic E-state index is 12.9. The summed E-state index contributed by atoms with van der Waals surface area (Å²) in [4.78, 5) is 2.77. The van der Waals surface area contributed by atoms with E-state index in [1.54, 1.807) is 6.07 Å². The van der Waals surface area contributed by atoms with Crippen LogP contribution in [0.4, 0.5) is 0 Å². The molecular weight excluding hydrogens is 364 g/mol. The van der Waals surface area contributed by atoms with E-state index in [9.17, 15) is 8.42 Å². The van der Waals surface area contributed by atoms with E-state index >= 15 is 0 Å². The monoisotopic (exact) mass is 396 g/mol. The minimum atomic E-state index is -3.44. The third-order valence-electron chi connectivity index (χ3n) is 6.07. The van der Waals surface area contributed by atoms with Crippen LogP contribution < -0.4 is 0 Å². The van der Waals surface area contributed by atoms with Gasteiger partial charge in [-0.15, -0.1) is 0 Å². The van der Waals surface area contributed by atoms with Gasteiger partial charge in [-0.05, 0) is 36.5 Å². The SMILES string of the molecule is COC1(C(C)C)CCN(Cc2cccc(S(=O)(=O)N3CCOCC3)c2)CC1. The lowest BCUT2D eigenvalue weighted by Crippen LogP contribution is -2.48. The number of benzene rings is 1. The van der Waals surface area contributed by atoms with Crippen molar-refractivity contribution in [1.29, 1.82) is 0 Å². The van der Waals surface area contributed by atoms with E-state index < -0.39 is 10.0 Å². The quantitative estimate of drug-likeness (QED) is 0.739. The predicted octanol–water partition coefficient (Wildman–Crippen LogP) is 2.34. The Kier molecular flexibility index (Phi) is 6.58. The summed E-state index contributed by atoms with van der Waals surface area (Å²) in [5.41, 5.74) is 1.01. The molecule has 0 radical (unpaired) electrons. The second kappa shape index (κ2) is 8.57. The van der Waals surface area contributed by atoms with Crippen LogP contribution in [0.15, 0.2) is 29.2 Å². The molecule has 2 aliphatic rings. The molecule has 6 nitrogen and oxygen atoms in total. The molecule has 0 spiro atoms. The minimum absolute atomic E-state index is 0.0297. The highest BCUT2D eigenvalue weighted by Gasteiger charge is 2.37. The molecule has 0 amide bonds. The van der Waals surface area contributed by atoms with Crippen molar-refractivity contribution >= 4 is 10.0 Å². The van der Waals surface area contributed by atoms with Crippen molar-refractivity contribution < 1.29 is 17.9 Å². The van der Waals surface area contributed by atoms with Gasteiger partial charge in [-0.3, -0.25) is 4.90 Å². The summed E-state index contributed by atoms with van der Waals surface area (Å²) in [7, 11) is -1.63. The fraction of sp³-hybridized carbons (Fsp3) is 0.700. The van der Waals surface area contributed by atoms with Crippen LogP contribution in [-0.2, 0) is 26.0 Å². The van der Waals surface area contributed by atoms with Gasteiger partial charge in [-0.1, -0.05) is 26.0 Å². The Morgan fingerprint density at radius 1 is 1.15 bits per heavy atom. The Hall–Kier alpha value is -0.990. The van der Waals surface area contributed by atoms with Crippen LogP contribution >= 0.6 is 0 Å². The van der Waals surface area contributed by atoms with E-state index in [0.717, 1.165) is 38.0 Å². The lowest BCUT2D eigenvalue weighted by molar-refractivity contribution is -0.0896. The molecular formula is C20H32N2O4S. The maximum absolute atomic E-state index is 12.9. The number of ether oxygens (including phenoxy) is 2. The molecule has 0 aliphatic carbocycles. The molecule has 152 valence electrons. The Morgan fingerprint density at radius 3 is 2.41 bits per heavy atom. The first-order valence-electron chi connectivity index (χ1n) is 9.82. The van der Waals surface area contributed by atoms with Crippen molar-refractivity contribution in [2.75, 3.05) is 46.5 Å². The fourth-order valence-corrected chi connectivity index (χ4v) is 5.58. The highest BCUT2D eigenvalue weighted by Crippen LogP contribution is 2.33. The molecule has 0 aromatic heterocycles. The topological polar surface area (TPSA) is 59.1 Å². The molecule has 2 heterocycles. The number of sulfonamides is 1.